The number of aliphatic hydroxyl groups excluding tert-OH is 1. The first-order chi connectivity index (χ1) is 7.79. The van der Waals surface area contributed by atoms with E-state index in [0.29, 0.717) is 6.61 Å². The van der Waals surface area contributed by atoms with Crippen molar-refractivity contribution in [1.82, 2.24) is 0 Å². The molecule has 3 heteroatoms. The van der Waals surface area contributed by atoms with Crippen LogP contribution >= 0.6 is 0 Å². The lowest BCUT2D eigenvalue weighted by atomic mass is 9.97. The summed E-state index contributed by atoms with van der Waals surface area (Å²) in [7, 11) is 1.57. The third-order valence-electron chi connectivity index (χ3n) is 2.36. The maximum absolute atomic E-state index is 10.1. The molecule has 0 saturated carbocycles. The van der Waals surface area contributed by atoms with Gasteiger partial charge in [-0.05, 0) is 5.56 Å². The molecule has 0 radical (unpaired) electrons. The minimum absolute atomic E-state index is 0.127. The first-order valence-corrected chi connectivity index (χ1v) is 5.21. The van der Waals surface area contributed by atoms with Gasteiger partial charge in [-0.15, -0.1) is 6.58 Å². The van der Waals surface area contributed by atoms with Crippen LogP contribution in [0.4, 0.5) is 0 Å². The normalized spacial score (nSPS) is 14.4. The number of ether oxygens (including phenoxy) is 2. The van der Waals surface area contributed by atoms with Gasteiger partial charge in [-0.25, -0.2) is 0 Å². The summed E-state index contributed by atoms with van der Waals surface area (Å²) in [5, 5.41) is 10.1. The van der Waals surface area contributed by atoms with Crippen molar-refractivity contribution in [2.24, 2.45) is 5.92 Å². The molecule has 2 atom stereocenters. The predicted octanol–water partition coefficient (Wildman–Crippen LogP) is 2.14. The van der Waals surface area contributed by atoms with Crippen LogP contribution in [-0.2, 0) is 9.47 Å². The average molecular weight is 222 g/mol. The molecule has 1 aromatic carbocycles. The van der Waals surface area contributed by atoms with Crippen LogP contribution in [-0.4, -0.2) is 25.6 Å². The first kappa shape index (κ1) is 12.9. The topological polar surface area (TPSA) is 38.7 Å². The van der Waals surface area contributed by atoms with Crippen molar-refractivity contribution in [3.63, 3.8) is 0 Å². The highest BCUT2D eigenvalue weighted by Gasteiger charge is 2.17. The molecule has 88 valence electrons. The Morgan fingerprint density at radius 2 is 2.06 bits per heavy atom. The van der Waals surface area contributed by atoms with E-state index in [1.54, 1.807) is 13.2 Å². The summed E-state index contributed by atoms with van der Waals surface area (Å²) in [6, 6.07) is 9.49. The summed E-state index contributed by atoms with van der Waals surface area (Å²) < 4.78 is 10.0. The van der Waals surface area contributed by atoms with Gasteiger partial charge in [0.05, 0.1) is 12.7 Å². The van der Waals surface area contributed by atoms with Crippen LogP contribution in [0.2, 0.25) is 0 Å². The minimum Gasteiger partial charge on any atom is -0.388 e. The van der Waals surface area contributed by atoms with Gasteiger partial charge in [0.15, 0.2) is 0 Å². The summed E-state index contributed by atoms with van der Waals surface area (Å²) in [4.78, 5) is 0. The van der Waals surface area contributed by atoms with Crippen LogP contribution in [0.1, 0.15) is 11.7 Å². The van der Waals surface area contributed by atoms with Crippen LogP contribution in [0, 0.1) is 5.92 Å². The molecule has 0 aromatic heterocycles. The molecule has 0 amide bonds. The maximum atomic E-state index is 10.1. The van der Waals surface area contributed by atoms with E-state index in [4.69, 9.17) is 9.47 Å². The quantitative estimate of drug-likeness (QED) is 0.436. The number of hydrogen-bond acceptors (Lipinski definition) is 3. The largest absolute Gasteiger partial charge is 0.388 e. The Bertz CT molecular complexity index is 297. The molecule has 0 heterocycles. The van der Waals surface area contributed by atoms with Crippen LogP contribution < -0.4 is 0 Å². The van der Waals surface area contributed by atoms with Gasteiger partial charge >= 0.3 is 0 Å². The summed E-state index contributed by atoms with van der Waals surface area (Å²) in [6.45, 7) is 4.33. The molecule has 0 fully saturated rings. The molecule has 0 unspecified atom stereocenters. The lowest BCUT2D eigenvalue weighted by Crippen LogP contribution is -2.17. The Hall–Kier alpha value is -1.16. The van der Waals surface area contributed by atoms with E-state index in [2.05, 4.69) is 6.58 Å². The van der Waals surface area contributed by atoms with E-state index >= 15 is 0 Å². The molecular weight excluding hydrogens is 204 g/mol. The summed E-state index contributed by atoms with van der Waals surface area (Å²) >= 11 is 0. The van der Waals surface area contributed by atoms with E-state index in [1.807, 2.05) is 30.3 Å². The van der Waals surface area contributed by atoms with Crippen LogP contribution in [0.25, 0.3) is 0 Å². The highest BCUT2D eigenvalue weighted by molar-refractivity contribution is 5.19. The molecule has 0 aliphatic carbocycles. The zero-order valence-corrected chi connectivity index (χ0v) is 9.50. The maximum Gasteiger partial charge on any atom is 0.146 e. The molecule has 1 N–H and O–H groups in total. The predicted molar refractivity (Wildman–Crippen MR) is 62.9 cm³/mol. The van der Waals surface area contributed by atoms with Crippen molar-refractivity contribution < 1.29 is 14.6 Å². The third kappa shape index (κ3) is 3.77. The lowest BCUT2D eigenvalue weighted by molar-refractivity contribution is -0.0528. The van der Waals surface area contributed by atoms with E-state index < -0.39 is 6.10 Å². The van der Waals surface area contributed by atoms with Gasteiger partial charge in [0.1, 0.15) is 6.79 Å². The Labute approximate surface area is 96.3 Å². The fourth-order valence-corrected chi connectivity index (χ4v) is 1.45. The van der Waals surface area contributed by atoms with Gasteiger partial charge in [0, 0.05) is 13.0 Å². The second-order valence-electron chi connectivity index (χ2n) is 3.53. The SMILES string of the molecule is C=C[C@H](COCOC)[C@H](O)c1ccccc1. The summed E-state index contributed by atoms with van der Waals surface area (Å²) in [6.07, 6.45) is 1.11. The number of hydrogen-bond donors (Lipinski definition) is 1. The molecule has 0 bridgehead atoms. The average Bonchev–Trinajstić information content (AvgIpc) is 2.35. The molecule has 0 aliphatic rings. The van der Waals surface area contributed by atoms with Crippen molar-refractivity contribution >= 4 is 0 Å². The van der Waals surface area contributed by atoms with Gasteiger partial charge < -0.3 is 14.6 Å². The summed E-state index contributed by atoms with van der Waals surface area (Å²) in [5.41, 5.74) is 0.869. The first-order valence-electron chi connectivity index (χ1n) is 5.21. The summed E-state index contributed by atoms with van der Waals surface area (Å²) in [5.74, 6) is -0.127. The van der Waals surface area contributed by atoms with E-state index in [1.165, 1.54) is 0 Å². The highest BCUT2D eigenvalue weighted by Crippen LogP contribution is 2.22. The standard InChI is InChI=1S/C13H18O3/c1-3-11(9-16-10-15-2)13(14)12-7-5-4-6-8-12/h3-8,11,13-14H,1,9-10H2,2H3/t11-,13+/m1/s1. The third-order valence-corrected chi connectivity index (χ3v) is 2.36. The van der Waals surface area contributed by atoms with Crippen molar-refractivity contribution in [1.29, 1.82) is 0 Å². The molecular formula is C13H18O3. The van der Waals surface area contributed by atoms with Crippen molar-refractivity contribution in [2.45, 2.75) is 6.10 Å². The Morgan fingerprint density at radius 1 is 1.38 bits per heavy atom. The van der Waals surface area contributed by atoms with Crippen LogP contribution in [0.3, 0.4) is 0 Å². The Kier molecular flexibility index (Phi) is 5.78. The van der Waals surface area contributed by atoms with Gasteiger partial charge in [-0.3, -0.25) is 0 Å². The number of rotatable bonds is 7. The van der Waals surface area contributed by atoms with E-state index in [9.17, 15) is 5.11 Å². The molecule has 3 nitrogen and oxygen atoms in total. The molecule has 1 aromatic rings. The number of aliphatic hydroxyl groups is 1. The minimum atomic E-state index is -0.587. The number of methoxy groups -OCH3 is 1. The van der Waals surface area contributed by atoms with Crippen molar-refractivity contribution in [3.8, 4) is 0 Å². The fraction of sp³-hybridized carbons (Fsp3) is 0.385. The van der Waals surface area contributed by atoms with Gasteiger partial charge in [0.25, 0.3) is 0 Å². The van der Waals surface area contributed by atoms with Crippen molar-refractivity contribution in [3.05, 3.63) is 48.6 Å². The van der Waals surface area contributed by atoms with Gasteiger partial charge in [-0.2, -0.15) is 0 Å². The second-order valence-corrected chi connectivity index (χ2v) is 3.53. The Balaban J connectivity index is 2.55. The van der Waals surface area contributed by atoms with Crippen molar-refractivity contribution in [2.75, 3.05) is 20.5 Å². The molecule has 0 saturated heterocycles. The van der Waals surface area contributed by atoms with Gasteiger partial charge in [-0.1, -0.05) is 36.4 Å². The van der Waals surface area contributed by atoms with E-state index in [-0.39, 0.29) is 12.7 Å². The molecule has 16 heavy (non-hydrogen) atoms. The van der Waals surface area contributed by atoms with Gasteiger partial charge in [0.2, 0.25) is 0 Å². The van der Waals surface area contributed by atoms with Crippen LogP contribution in [0.5, 0.6) is 0 Å². The molecule has 0 aliphatic heterocycles. The van der Waals surface area contributed by atoms with Crippen LogP contribution in [0.15, 0.2) is 43.0 Å². The number of benzene rings is 1. The smallest absolute Gasteiger partial charge is 0.146 e. The zero-order chi connectivity index (χ0) is 11.8. The van der Waals surface area contributed by atoms with E-state index in [0.717, 1.165) is 5.56 Å². The molecule has 1 rings (SSSR count). The monoisotopic (exact) mass is 222 g/mol. The lowest BCUT2D eigenvalue weighted by Gasteiger charge is -2.19. The second kappa shape index (κ2) is 7.17. The fourth-order valence-electron chi connectivity index (χ4n) is 1.45. The Morgan fingerprint density at radius 3 is 2.62 bits per heavy atom. The zero-order valence-electron chi connectivity index (χ0n) is 9.50. The molecule has 0 spiro atoms. The highest BCUT2D eigenvalue weighted by atomic mass is 16.7.